The lowest BCUT2D eigenvalue weighted by atomic mass is 10.1. The Morgan fingerprint density at radius 2 is 2.19 bits per heavy atom. The average molecular weight is 300 g/mol. The van der Waals surface area contributed by atoms with Gasteiger partial charge in [0.15, 0.2) is 4.80 Å². The van der Waals surface area contributed by atoms with Crippen molar-refractivity contribution in [2.45, 2.75) is 46.6 Å². The molecule has 1 heterocycles. The van der Waals surface area contributed by atoms with Crippen molar-refractivity contribution in [3.8, 4) is 12.3 Å². The first kappa shape index (κ1) is 15.5. The van der Waals surface area contributed by atoms with Gasteiger partial charge >= 0.3 is 0 Å². The van der Waals surface area contributed by atoms with Crippen LogP contribution < -0.4 is 4.80 Å². The molecular formula is C17H20N2OS. The molecule has 2 rings (SSSR count). The summed E-state index contributed by atoms with van der Waals surface area (Å²) < 4.78 is 3.11. The molecule has 0 bridgehead atoms. The highest BCUT2D eigenvalue weighted by Crippen LogP contribution is 2.23. The molecule has 0 saturated heterocycles. The zero-order chi connectivity index (χ0) is 15.4. The maximum Gasteiger partial charge on any atom is 0.248 e. The van der Waals surface area contributed by atoms with Crippen molar-refractivity contribution >= 4 is 27.5 Å². The highest BCUT2D eigenvalue weighted by molar-refractivity contribution is 7.16. The van der Waals surface area contributed by atoms with Crippen molar-refractivity contribution in [2.75, 3.05) is 0 Å². The van der Waals surface area contributed by atoms with Gasteiger partial charge in [-0.2, -0.15) is 4.99 Å². The van der Waals surface area contributed by atoms with Crippen LogP contribution in [-0.4, -0.2) is 10.5 Å². The van der Waals surface area contributed by atoms with Crippen molar-refractivity contribution in [1.82, 2.24) is 4.57 Å². The summed E-state index contributed by atoms with van der Waals surface area (Å²) in [7, 11) is 0. The molecule has 0 aliphatic carbocycles. The Labute approximate surface area is 129 Å². The fourth-order valence-electron chi connectivity index (χ4n) is 2.33. The number of amides is 1. The van der Waals surface area contributed by atoms with Crippen molar-refractivity contribution < 1.29 is 4.79 Å². The minimum absolute atomic E-state index is 0.0662. The van der Waals surface area contributed by atoms with Gasteiger partial charge in [0, 0.05) is 6.42 Å². The highest BCUT2D eigenvalue weighted by Gasteiger charge is 2.09. The number of carbonyl (C=O) groups excluding carboxylic acids is 1. The molecule has 0 saturated carbocycles. The van der Waals surface area contributed by atoms with Gasteiger partial charge in [-0.15, -0.1) is 6.42 Å². The van der Waals surface area contributed by atoms with Gasteiger partial charge in [-0.05, 0) is 37.5 Å². The summed E-state index contributed by atoms with van der Waals surface area (Å²) in [6.45, 7) is 6.64. The molecule has 4 heteroatoms. The summed E-state index contributed by atoms with van der Waals surface area (Å²) in [5.41, 5.74) is 3.45. The number of terminal acetylenes is 1. The lowest BCUT2D eigenvalue weighted by molar-refractivity contribution is -0.118. The van der Waals surface area contributed by atoms with E-state index in [1.54, 1.807) is 11.3 Å². The van der Waals surface area contributed by atoms with E-state index in [2.05, 4.69) is 43.8 Å². The number of aromatic nitrogens is 1. The Morgan fingerprint density at radius 3 is 2.86 bits per heavy atom. The maximum absolute atomic E-state index is 11.9. The van der Waals surface area contributed by atoms with Crippen LogP contribution in [0.25, 0.3) is 10.2 Å². The molecule has 1 aromatic carbocycles. The van der Waals surface area contributed by atoms with E-state index in [9.17, 15) is 4.79 Å². The molecule has 0 fully saturated rings. The Bertz CT molecular complexity index is 774. The number of thiazole rings is 1. The van der Waals surface area contributed by atoms with Crippen molar-refractivity contribution in [2.24, 2.45) is 4.99 Å². The van der Waals surface area contributed by atoms with Gasteiger partial charge in [0.05, 0.1) is 16.8 Å². The number of carbonyl (C=O) groups is 1. The fourth-order valence-corrected chi connectivity index (χ4v) is 3.43. The number of unbranched alkanes of at least 4 members (excludes halogenated alkanes) is 1. The predicted octanol–water partition coefficient (Wildman–Crippen LogP) is 3.57. The van der Waals surface area contributed by atoms with Crippen molar-refractivity contribution in [3.05, 3.63) is 28.1 Å². The van der Waals surface area contributed by atoms with Gasteiger partial charge in [-0.3, -0.25) is 4.79 Å². The second kappa shape index (κ2) is 6.73. The average Bonchev–Trinajstić information content (AvgIpc) is 2.76. The quantitative estimate of drug-likeness (QED) is 0.795. The van der Waals surface area contributed by atoms with Crippen LogP contribution in [0.2, 0.25) is 0 Å². The summed E-state index contributed by atoms with van der Waals surface area (Å²) in [5, 5.41) is 0. The largest absolute Gasteiger partial charge is 0.305 e. The van der Waals surface area contributed by atoms with Crippen LogP contribution in [0.5, 0.6) is 0 Å². The first-order valence-electron chi connectivity index (χ1n) is 7.18. The van der Waals surface area contributed by atoms with Crippen LogP contribution in [-0.2, 0) is 11.3 Å². The molecule has 0 radical (unpaired) electrons. The van der Waals surface area contributed by atoms with Gasteiger partial charge in [-0.1, -0.05) is 36.7 Å². The van der Waals surface area contributed by atoms with Crippen LogP contribution in [0, 0.1) is 26.2 Å². The molecule has 3 nitrogen and oxygen atoms in total. The van der Waals surface area contributed by atoms with Gasteiger partial charge in [0.25, 0.3) is 0 Å². The standard InChI is InChI=1S/C17H20N2OS/c1-5-7-8-15(20)18-17-19(9-6-2)14-11-12(3)10-13(4)16(14)21-17/h2,10-11H,5,7-9H2,1,3-4H3. The molecule has 0 spiro atoms. The lowest BCUT2D eigenvalue weighted by Gasteiger charge is -2.02. The first-order valence-corrected chi connectivity index (χ1v) is 8.00. The third kappa shape index (κ3) is 3.43. The minimum Gasteiger partial charge on any atom is -0.305 e. The molecule has 110 valence electrons. The number of hydrogen-bond donors (Lipinski definition) is 0. The van der Waals surface area contributed by atoms with Gasteiger partial charge in [-0.25, -0.2) is 0 Å². The van der Waals surface area contributed by atoms with E-state index in [4.69, 9.17) is 6.42 Å². The summed E-state index contributed by atoms with van der Waals surface area (Å²) in [5.74, 6) is 2.59. The van der Waals surface area contributed by atoms with E-state index in [0.29, 0.717) is 17.8 Å². The number of aryl methyl sites for hydroxylation is 2. The van der Waals surface area contributed by atoms with Crippen molar-refractivity contribution in [3.63, 3.8) is 0 Å². The normalized spacial score (nSPS) is 11.8. The summed E-state index contributed by atoms with van der Waals surface area (Å²) in [6.07, 6.45) is 7.84. The van der Waals surface area contributed by atoms with Gasteiger partial charge < -0.3 is 4.57 Å². The minimum atomic E-state index is -0.0662. The van der Waals surface area contributed by atoms with Crippen LogP contribution in [0.3, 0.4) is 0 Å². The molecule has 0 N–H and O–H groups in total. The number of benzene rings is 1. The topological polar surface area (TPSA) is 34.4 Å². The smallest absolute Gasteiger partial charge is 0.248 e. The molecule has 0 unspecified atom stereocenters. The number of nitrogens with zero attached hydrogens (tertiary/aromatic N) is 2. The van der Waals surface area contributed by atoms with Crippen LogP contribution >= 0.6 is 11.3 Å². The Morgan fingerprint density at radius 1 is 1.43 bits per heavy atom. The Hall–Kier alpha value is -1.86. The number of fused-ring (bicyclic) bond motifs is 1. The van der Waals surface area contributed by atoms with E-state index >= 15 is 0 Å². The van der Waals surface area contributed by atoms with E-state index in [-0.39, 0.29) is 5.91 Å². The third-order valence-corrected chi connectivity index (χ3v) is 4.56. The van der Waals surface area contributed by atoms with E-state index in [1.807, 2.05) is 4.57 Å². The van der Waals surface area contributed by atoms with Crippen molar-refractivity contribution in [1.29, 1.82) is 0 Å². The SMILES string of the molecule is C#CCn1c(=NC(=O)CCCC)sc2c(C)cc(C)cc21. The highest BCUT2D eigenvalue weighted by atomic mass is 32.1. The molecular weight excluding hydrogens is 280 g/mol. The molecule has 0 aliphatic rings. The van der Waals surface area contributed by atoms with E-state index in [0.717, 1.165) is 23.1 Å². The second-order valence-corrected chi connectivity index (χ2v) is 6.19. The summed E-state index contributed by atoms with van der Waals surface area (Å²) >= 11 is 1.54. The van der Waals surface area contributed by atoms with Gasteiger partial charge in [0.1, 0.15) is 0 Å². The monoisotopic (exact) mass is 300 g/mol. The van der Waals surface area contributed by atoms with E-state index in [1.165, 1.54) is 11.1 Å². The zero-order valence-corrected chi connectivity index (χ0v) is 13.6. The predicted molar refractivity (Wildman–Crippen MR) is 88.2 cm³/mol. The van der Waals surface area contributed by atoms with Crippen LogP contribution in [0.15, 0.2) is 17.1 Å². The van der Waals surface area contributed by atoms with Crippen LogP contribution in [0.4, 0.5) is 0 Å². The number of rotatable bonds is 4. The zero-order valence-electron chi connectivity index (χ0n) is 12.8. The Kier molecular flexibility index (Phi) is 4.98. The van der Waals surface area contributed by atoms with Gasteiger partial charge in [0.2, 0.25) is 5.91 Å². The first-order chi connectivity index (χ1) is 10.1. The molecule has 21 heavy (non-hydrogen) atoms. The molecule has 0 atom stereocenters. The third-order valence-electron chi connectivity index (χ3n) is 3.33. The Balaban J connectivity index is 2.60. The lowest BCUT2D eigenvalue weighted by Crippen LogP contribution is -2.16. The maximum atomic E-state index is 11.9. The molecule has 1 aromatic heterocycles. The summed E-state index contributed by atoms with van der Waals surface area (Å²) in [6, 6.07) is 4.24. The molecule has 0 aliphatic heterocycles. The van der Waals surface area contributed by atoms with E-state index < -0.39 is 0 Å². The fraction of sp³-hybridized carbons (Fsp3) is 0.412. The number of hydrogen-bond acceptors (Lipinski definition) is 2. The van der Waals surface area contributed by atoms with Crippen LogP contribution in [0.1, 0.15) is 37.3 Å². The molecule has 2 aromatic rings. The summed E-state index contributed by atoms with van der Waals surface area (Å²) in [4.78, 5) is 16.9. The molecule has 1 amide bonds. The second-order valence-electron chi connectivity index (χ2n) is 5.21.